The third-order valence-electron chi connectivity index (χ3n) is 5.38. The molecule has 1 N–H and O–H groups in total. The molecule has 1 aromatic rings. The Morgan fingerprint density at radius 2 is 2.19 bits per heavy atom. The van der Waals surface area contributed by atoms with Crippen molar-refractivity contribution < 1.29 is 4.74 Å². The van der Waals surface area contributed by atoms with Crippen molar-refractivity contribution in [1.82, 2.24) is 5.32 Å². The molecule has 2 atom stereocenters. The summed E-state index contributed by atoms with van der Waals surface area (Å²) in [6.45, 7) is 6.49. The van der Waals surface area contributed by atoms with Gasteiger partial charge in [-0.15, -0.1) is 11.3 Å². The Labute approximate surface area is 133 Å². The highest BCUT2D eigenvalue weighted by Crippen LogP contribution is 2.45. The Kier molecular flexibility index (Phi) is 5.03. The van der Waals surface area contributed by atoms with Gasteiger partial charge in [-0.1, -0.05) is 26.2 Å². The normalized spacial score (nSPS) is 26.9. The van der Waals surface area contributed by atoms with Crippen LogP contribution in [-0.4, -0.2) is 18.8 Å². The van der Waals surface area contributed by atoms with E-state index in [1.165, 1.54) is 50.5 Å². The minimum absolute atomic E-state index is 0.208. The molecule has 1 aromatic heterocycles. The van der Waals surface area contributed by atoms with Crippen LogP contribution in [0.3, 0.4) is 0 Å². The first-order valence-corrected chi connectivity index (χ1v) is 9.53. The van der Waals surface area contributed by atoms with Crippen molar-refractivity contribution in [2.45, 2.75) is 70.4 Å². The van der Waals surface area contributed by atoms with E-state index in [9.17, 15) is 0 Å². The van der Waals surface area contributed by atoms with Gasteiger partial charge in [0, 0.05) is 17.5 Å². The van der Waals surface area contributed by atoms with Crippen molar-refractivity contribution in [3.63, 3.8) is 0 Å². The van der Waals surface area contributed by atoms with Gasteiger partial charge in [0.05, 0.1) is 5.60 Å². The van der Waals surface area contributed by atoms with Crippen LogP contribution < -0.4 is 5.32 Å². The van der Waals surface area contributed by atoms with E-state index < -0.39 is 0 Å². The Balaban J connectivity index is 1.77. The zero-order chi connectivity index (χ0) is 14.7. The molecule has 0 aromatic carbocycles. The molecule has 1 saturated heterocycles. The van der Waals surface area contributed by atoms with Crippen LogP contribution in [0.25, 0.3) is 0 Å². The summed E-state index contributed by atoms with van der Waals surface area (Å²) in [6, 6.07) is 2.79. The van der Waals surface area contributed by atoms with E-state index in [2.05, 4.69) is 30.6 Å². The quantitative estimate of drug-likeness (QED) is 0.859. The van der Waals surface area contributed by atoms with Crippen molar-refractivity contribution in [3.05, 3.63) is 21.9 Å². The summed E-state index contributed by atoms with van der Waals surface area (Å²) >= 11 is 1.92. The van der Waals surface area contributed by atoms with Crippen LogP contribution in [-0.2, 0) is 4.74 Å². The van der Waals surface area contributed by atoms with Crippen LogP contribution in [0.2, 0.25) is 0 Å². The molecule has 3 heteroatoms. The average molecular weight is 308 g/mol. The van der Waals surface area contributed by atoms with Crippen LogP contribution in [0.5, 0.6) is 0 Å². The van der Waals surface area contributed by atoms with E-state index in [0.717, 1.165) is 19.1 Å². The molecule has 2 unspecified atom stereocenters. The molecular formula is C18H29NOS. The Morgan fingerprint density at radius 1 is 1.38 bits per heavy atom. The zero-order valence-corrected chi connectivity index (χ0v) is 14.3. The van der Waals surface area contributed by atoms with Gasteiger partial charge in [0.25, 0.3) is 0 Å². The third-order valence-corrected chi connectivity index (χ3v) is 6.48. The summed E-state index contributed by atoms with van der Waals surface area (Å²) in [5, 5.41) is 6.01. The lowest BCUT2D eigenvalue weighted by Gasteiger charge is -2.45. The first kappa shape index (κ1) is 15.5. The zero-order valence-electron chi connectivity index (χ0n) is 13.5. The van der Waals surface area contributed by atoms with Gasteiger partial charge in [-0.2, -0.15) is 0 Å². The van der Waals surface area contributed by atoms with E-state index in [1.807, 2.05) is 11.3 Å². The maximum Gasteiger partial charge on any atom is 0.0686 e. The molecule has 118 valence electrons. The van der Waals surface area contributed by atoms with Crippen LogP contribution in [0.1, 0.15) is 68.4 Å². The minimum atomic E-state index is 0.208. The van der Waals surface area contributed by atoms with Crippen LogP contribution >= 0.6 is 11.3 Å². The second kappa shape index (κ2) is 6.80. The van der Waals surface area contributed by atoms with E-state index in [0.29, 0.717) is 6.04 Å². The average Bonchev–Trinajstić information content (AvgIpc) is 2.91. The Bertz CT molecular complexity index is 444. The lowest BCUT2D eigenvalue weighted by Crippen LogP contribution is -2.44. The fraction of sp³-hybridized carbons (Fsp3) is 0.778. The van der Waals surface area contributed by atoms with Crippen molar-refractivity contribution >= 4 is 11.3 Å². The molecule has 21 heavy (non-hydrogen) atoms. The van der Waals surface area contributed by atoms with Crippen molar-refractivity contribution in [2.75, 3.05) is 13.2 Å². The largest absolute Gasteiger partial charge is 0.375 e. The second-order valence-corrected chi connectivity index (χ2v) is 7.80. The predicted octanol–water partition coefficient (Wildman–Crippen LogP) is 4.84. The van der Waals surface area contributed by atoms with Crippen LogP contribution in [0, 0.1) is 12.8 Å². The van der Waals surface area contributed by atoms with E-state index >= 15 is 0 Å². The topological polar surface area (TPSA) is 21.3 Å². The molecule has 2 fully saturated rings. The lowest BCUT2D eigenvalue weighted by molar-refractivity contribution is -0.121. The highest BCUT2D eigenvalue weighted by Gasteiger charge is 2.41. The first-order valence-electron chi connectivity index (χ1n) is 8.65. The van der Waals surface area contributed by atoms with Gasteiger partial charge in [0.15, 0.2) is 0 Å². The van der Waals surface area contributed by atoms with Gasteiger partial charge in [-0.25, -0.2) is 0 Å². The second-order valence-electron chi connectivity index (χ2n) is 6.85. The molecule has 1 aliphatic heterocycles. The van der Waals surface area contributed by atoms with E-state index in [4.69, 9.17) is 4.74 Å². The number of rotatable bonds is 4. The Morgan fingerprint density at radius 3 is 2.86 bits per heavy atom. The van der Waals surface area contributed by atoms with Gasteiger partial charge in [0.2, 0.25) is 0 Å². The minimum Gasteiger partial charge on any atom is -0.375 e. The molecule has 2 aliphatic rings. The molecule has 0 radical (unpaired) electrons. The molecule has 0 amide bonds. The van der Waals surface area contributed by atoms with Crippen molar-refractivity contribution in [1.29, 1.82) is 0 Å². The fourth-order valence-corrected chi connectivity index (χ4v) is 5.39. The number of ether oxygens (including phenoxy) is 1. The summed E-state index contributed by atoms with van der Waals surface area (Å²) < 4.78 is 6.29. The lowest BCUT2D eigenvalue weighted by atomic mass is 9.73. The summed E-state index contributed by atoms with van der Waals surface area (Å²) in [4.78, 5) is 1.55. The van der Waals surface area contributed by atoms with Gasteiger partial charge >= 0.3 is 0 Å². The fourth-order valence-electron chi connectivity index (χ4n) is 4.29. The van der Waals surface area contributed by atoms with Gasteiger partial charge < -0.3 is 10.1 Å². The summed E-state index contributed by atoms with van der Waals surface area (Å²) in [6.07, 6.45) is 9.14. The molecule has 0 bridgehead atoms. The Hall–Kier alpha value is -0.380. The summed E-state index contributed by atoms with van der Waals surface area (Å²) in [5.41, 5.74) is 1.66. The van der Waals surface area contributed by atoms with Crippen molar-refractivity contribution in [2.24, 2.45) is 5.92 Å². The molecule has 1 aliphatic carbocycles. The maximum atomic E-state index is 6.29. The van der Waals surface area contributed by atoms with Crippen LogP contribution in [0.15, 0.2) is 11.4 Å². The number of nitrogens with one attached hydrogen (secondary N) is 1. The smallest absolute Gasteiger partial charge is 0.0686 e. The molecule has 2 heterocycles. The maximum absolute atomic E-state index is 6.29. The summed E-state index contributed by atoms with van der Waals surface area (Å²) in [7, 11) is 0. The number of hydrogen-bond donors (Lipinski definition) is 1. The van der Waals surface area contributed by atoms with Crippen molar-refractivity contribution in [3.8, 4) is 0 Å². The monoisotopic (exact) mass is 307 g/mol. The molecule has 1 spiro atoms. The third kappa shape index (κ3) is 3.35. The predicted molar refractivity (Wildman–Crippen MR) is 90.0 cm³/mol. The highest BCUT2D eigenvalue weighted by atomic mass is 32.1. The highest BCUT2D eigenvalue weighted by molar-refractivity contribution is 7.10. The number of hydrogen-bond acceptors (Lipinski definition) is 3. The molecular weight excluding hydrogens is 278 g/mol. The van der Waals surface area contributed by atoms with Gasteiger partial charge in [-0.3, -0.25) is 0 Å². The molecule has 1 saturated carbocycles. The molecule has 3 rings (SSSR count). The number of thiophene rings is 1. The molecule has 2 nitrogen and oxygen atoms in total. The van der Waals surface area contributed by atoms with E-state index in [-0.39, 0.29) is 5.60 Å². The number of aryl methyl sites for hydroxylation is 1. The van der Waals surface area contributed by atoms with Gasteiger partial charge in [-0.05, 0) is 62.1 Å². The SMILES string of the molecule is CCNC(c1sccc1C)C1CCOC2(CCCCC2)C1. The van der Waals surface area contributed by atoms with Gasteiger partial charge in [0.1, 0.15) is 0 Å². The van der Waals surface area contributed by atoms with E-state index in [1.54, 1.807) is 4.88 Å². The van der Waals surface area contributed by atoms with Crippen LogP contribution in [0.4, 0.5) is 0 Å². The standard InChI is InChI=1S/C18H29NOS/c1-3-19-16(17-14(2)8-12-21-17)15-7-11-20-18(13-15)9-5-4-6-10-18/h8,12,15-16,19H,3-7,9-11,13H2,1-2H3. The first-order chi connectivity index (χ1) is 10.2. The summed E-state index contributed by atoms with van der Waals surface area (Å²) in [5.74, 6) is 0.731.